The van der Waals surface area contributed by atoms with Crippen molar-refractivity contribution in [3.8, 4) is 0 Å². The van der Waals surface area contributed by atoms with E-state index >= 15 is 0 Å². The van der Waals surface area contributed by atoms with Crippen molar-refractivity contribution in [3.63, 3.8) is 0 Å². The Morgan fingerprint density at radius 2 is 1.84 bits per heavy atom. The Hall–Kier alpha value is -2.18. The molecule has 0 bridgehead atoms. The Morgan fingerprint density at radius 1 is 1.12 bits per heavy atom. The zero-order chi connectivity index (χ0) is 18.0. The van der Waals surface area contributed by atoms with E-state index in [9.17, 15) is 13.2 Å². The molecule has 0 saturated carbocycles. The minimum absolute atomic E-state index is 0.314. The Bertz CT molecular complexity index is 888. The lowest BCUT2D eigenvalue weighted by atomic mass is 9.98. The van der Waals surface area contributed by atoms with Gasteiger partial charge in [-0.05, 0) is 53.8 Å². The fraction of sp³-hybridized carbons (Fsp3) is 0.316. The van der Waals surface area contributed by atoms with Gasteiger partial charge in [0.05, 0.1) is 17.6 Å². The number of hydrogen-bond acceptors (Lipinski definition) is 4. The summed E-state index contributed by atoms with van der Waals surface area (Å²) in [4.78, 5) is 12.0. The number of benzene rings is 2. The minimum Gasteiger partial charge on any atom is -0.465 e. The largest absolute Gasteiger partial charge is 0.465 e. The maximum atomic E-state index is 12.9. The Kier molecular flexibility index (Phi) is 4.92. The zero-order valence-corrected chi connectivity index (χ0v) is 15.2. The molecule has 25 heavy (non-hydrogen) atoms. The molecule has 0 fully saturated rings. The first-order chi connectivity index (χ1) is 12.0. The van der Waals surface area contributed by atoms with E-state index in [-0.39, 0.29) is 5.97 Å². The number of esters is 1. The molecule has 1 heterocycles. The van der Waals surface area contributed by atoms with Crippen molar-refractivity contribution < 1.29 is 17.9 Å². The fourth-order valence-electron chi connectivity index (χ4n) is 3.02. The van der Waals surface area contributed by atoms with Crippen LogP contribution in [0.15, 0.2) is 47.4 Å². The van der Waals surface area contributed by atoms with Crippen LogP contribution in [-0.2, 0) is 34.1 Å². The molecule has 6 heteroatoms. The van der Waals surface area contributed by atoms with Crippen LogP contribution in [0.2, 0.25) is 0 Å². The number of hydrogen-bond donors (Lipinski definition) is 0. The van der Waals surface area contributed by atoms with Crippen LogP contribution in [0.25, 0.3) is 0 Å². The quantitative estimate of drug-likeness (QED) is 0.788. The second-order valence-corrected chi connectivity index (χ2v) is 8.00. The van der Waals surface area contributed by atoms with Crippen LogP contribution in [0.3, 0.4) is 0 Å². The van der Waals surface area contributed by atoms with Crippen LogP contribution >= 0.6 is 0 Å². The van der Waals surface area contributed by atoms with E-state index in [4.69, 9.17) is 4.74 Å². The molecule has 1 aliphatic rings. The summed E-state index contributed by atoms with van der Waals surface area (Å²) in [6, 6.07) is 12.3. The highest BCUT2D eigenvalue weighted by Crippen LogP contribution is 2.26. The first kappa shape index (κ1) is 17.6. The number of aryl methyl sites for hydroxylation is 1. The van der Waals surface area contributed by atoms with E-state index < -0.39 is 10.0 Å². The number of methoxy groups -OCH3 is 1. The molecule has 0 radical (unpaired) electrons. The molecule has 0 atom stereocenters. The smallest absolute Gasteiger partial charge is 0.337 e. The molecule has 2 aromatic rings. The highest BCUT2D eigenvalue weighted by Gasteiger charge is 2.28. The van der Waals surface area contributed by atoms with Crippen molar-refractivity contribution in [1.29, 1.82) is 0 Å². The number of rotatable bonds is 4. The monoisotopic (exact) mass is 359 g/mol. The fourth-order valence-corrected chi connectivity index (χ4v) is 4.44. The minimum atomic E-state index is -3.52. The van der Waals surface area contributed by atoms with Crippen LogP contribution in [0.1, 0.15) is 34.0 Å². The van der Waals surface area contributed by atoms with Crippen molar-refractivity contribution >= 4 is 16.0 Å². The summed E-state index contributed by atoms with van der Waals surface area (Å²) in [6.45, 7) is 2.75. The predicted molar refractivity (Wildman–Crippen MR) is 94.9 cm³/mol. The summed E-state index contributed by atoms with van der Waals surface area (Å²) in [5.74, 6) is -0.381. The number of carbonyl (C=O) groups excluding carboxylic acids is 1. The van der Waals surface area contributed by atoms with Gasteiger partial charge in [0, 0.05) is 13.1 Å². The molecule has 5 nitrogen and oxygen atoms in total. The number of carbonyl (C=O) groups is 1. The van der Waals surface area contributed by atoms with Crippen LogP contribution in [0.4, 0.5) is 0 Å². The van der Waals surface area contributed by atoms with Gasteiger partial charge in [0.15, 0.2) is 0 Å². The molecule has 0 aromatic heterocycles. The second-order valence-electron chi connectivity index (χ2n) is 6.06. The normalized spacial score (nSPS) is 14.8. The van der Waals surface area contributed by atoms with Crippen molar-refractivity contribution in [3.05, 3.63) is 64.7 Å². The van der Waals surface area contributed by atoms with Crippen LogP contribution < -0.4 is 0 Å². The topological polar surface area (TPSA) is 63.7 Å². The summed E-state index contributed by atoms with van der Waals surface area (Å²) in [5.41, 5.74) is 3.52. The second kappa shape index (κ2) is 6.98. The maximum absolute atomic E-state index is 12.9. The SMILES string of the molecule is CCc1ccc(S(=O)(=O)N2CCc3cc(C(=O)OC)ccc3C2)cc1. The molecular weight excluding hydrogens is 338 g/mol. The van der Waals surface area contributed by atoms with E-state index in [2.05, 4.69) is 0 Å². The van der Waals surface area contributed by atoms with Gasteiger partial charge in [0.25, 0.3) is 0 Å². The third kappa shape index (κ3) is 3.45. The number of ether oxygens (including phenoxy) is 1. The van der Waals surface area contributed by atoms with Crippen molar-refractivity contribution in [2.75, 3.05) is 13.7 Å². The van der Waals surface area contributed by atoms with Crippen LogP contribution in [0.5, 0.6) is 0 Å². The number of fused-ring (bicyclic) bond motifs is 1. The molecule has 0 saturated heterocycles. The van der Waals surface area contributed by atoms with Crippen LogP contribution in [0, 0.1) is 0 Å². The van der Waals surface area contributed by atoms with Gasteiger partial charge in [-0.1, -0.05) is 25.1 Å². The first-order valence-corrected chi connectivity index (χ1v) is 9.69. The molecule has 2 aromatic carbocycles. The maximum Gasteiger partial charge on any atom is 0.337 e. The summed E-state index contributed by atoms with van der Waals surface area (Å²) in [5, 5.41) is 0. The Balaban J connectivity index is 1.85. The van der Waals surface area contributed by atoms with Gasteiger partial charge in [-0.15, -0.1) is 0 Å². The van der Waals surface area contributed by atoms with E-state index in [0.29, 0.717) is 30.0 Å². The third-order valence-electron chi connectivity index (χ3n) is 4.57. The summed E-state index contributed by atoms with van der Waals surface area (Å²) < 4.78 is 32.0. The lowest BCUT2D eigenvalue weighted by molar-refractivity contribution is 0.0600. The van der Waals surface area contributed by atoms with Gasteiger partial charge in [-0.2, -0.15) is 4.31 Å². The zero-order valence-electron chi connectivity index (χ0n) is 14.4. The van der Waals surface area contributed by atoms with Gasteiger partial charge < -0.3 is 4.74 Å². The molecule has 0 amide bonds. The van der Waals surface area contributed by atoms with Gasteiger partial charge in [-0.25, -0.2) is 13.2 Å². The predicted octanol–water partition coefficient (Wildman–Crippen LogP) is 2.78. The van der Waals surface area contributed by atoms with Crippen LogP contribution in [-0.4, -0.2) is 32.3 Å². The summed E-state index contributed by atoms with van der Waals surface area (Å²) in [7, 11) is -2.17. The average Bonchev–Trinajstić information content (AvgIpc) is 2.66. The van der Waals surface area contributed by atoms with E-state index in [1.165, 1.54) is 11.4 Å². The Morgan fingerprint density at radius 3 is 2.48 bits per heavy atom. The van der Waals surface area contributed by atoms with Gasteiger partial charge in [-0.3, -0.25) is 0 Å². The standard InChI is InChI=1S/C19H21NO4S/c1-3-14-4-8-18(9-5-14)25(22,23)20-11-10-15-12-16(19(21)24-2)6-7-17(15)13-20/h4-9,12H,3,10-11,13H2,1-2H3. The van der Waals surface area contributed by atoms with Crippen molar-refractivity contribution in [2.45, 2.75) is 31.2 Å². The highest BCUT2D eigenvalue weighted by atomic mass is 32.2. The lowest BCUT2D eigenvalue weighted by Crippen LogP contribution is -2.36. The molecule has 3 rings (SSSR count). The molecule has 0 unspecified atom stereocenters. The van der Waals surface area contributed by atoms with E-state index in [0.717, 1.165) is 23.1 Å². The lowest BCUT2D eigenvalue weighted by Gasteiger charge is -2.28. The first-order valence-electron chi connectivity index (χ1n) is 8.25. The van der Waals surface area contributed by atoms with Crippen molar-refractivity contribution in [1.82, 2.24) is 4.31 Å². The van der Waals surface area contributed by atoms with Crippen molar-refractivity contribution in [2.24, 2.45) is 0 Å². The average molecular weight is 359 g/mol. The van der Waals surface area contributed by atoms with Gasteiger partial charge >= 0.3 is 5.97 Å². The van der Waals surface area contributed by atoms with E-state index in [1.54, 1.807) is 24.3 Å². The third-order valence-corrected chi connectivity index (χ3v) is 6.43. The Labute approximate surface area is 148 Å². The summed E-state index contributed by atoms with van der Waals surface area (Å²) in [6.07, 6.45) is 1.45. The molecule has 0 spiro atoms. The molecular formula is C19H21NO4S. The van der Waals surface area contributed by atoms with Gasteiger partial charge in [0.2, 0.25) is 10.0 Å². The molecule has 132 valence electrons. The number of nitrogens with zero attached hydrogens (tertiary/aromatic N) is 1. The highest BCUT2D eigenvalue weighted by molar-refractivity contribution is 7.89. The summed E-state index contributed by atoms with van der Waals surface area (Å²) >= 11 is 0. The molecule has 1 aliphatic heterocycles. The van der Waals surface area contributed by atoms with Gasteiger partial charge in [0.1, 0.15) is 0 Å². The molecule has 0 N–H and O–H groups in total. The number of sulfonamides is 1. The molecule has 0 aliphatic carbocycles. The van der Waals surface area contributed by atoms with E-state index in [1.807, 2.05) is 25.1 Å².